The molecule has 0 amide bonds. The van der Waals surface area contributed by atoms with Gasteiger partial charge in [-0.3, -0.25) is 10.1 Å². The molecule has 3 heterocycles. The number of thiazole rings is 1. The van der Waals surface area contributed by atoms with Gasteiger partial charge in [0.05, 0.1) is 10.5 Å². The zero-order valence-corrected chi connectivity index (χ0v) is 14.7. The Bertz CT molecular complexity index is 1160. The Balaban J connectivity index is 1.67. The van der Waals surface area contributed by atoms with Gasteiger partial charge in [-0.25, -0.2) is 4.98 Å². The van der Waals surface area contributed by atoms with Gasteiger partial charge < -0.3 is 4.42 Å². The average molecular weight is 379 g/mol. The van der Waals surface area contributed by atoms with Gasteiger partial charge in [-0.05, 0) is 24.3 Å². The number of hydrogen-bond donors (Lipinski definition) is 0. The molecule has 0 unspecified atom stereocenters. The predicted molar refractivity (Wildman–Crippen MR) is 102 cm³/mol. The lowest BCUT2D eigenvalue weighted by Crippen LogP contribution is -1.81. The molecule has 126 valence electrons. The third-order valence-corrected chi connectivity index (χ3v) is 5.47. The number of furan rings is 1. The number of nitro groups is 1. The van der Waals surface area contributed by atoms with Gasteiger partial charge >= 0.3 is 5.00 Å². The molecule has 0 atom stereocenters. The quantitative estimate of drug-likeness (QED) is 0.262. The molecule has 1 aromatic carbocycles. The van der Waals surface area contributed by atoms with Crippen LogP contribution in [0, 0.1) is 21.4 Å². The fraction of sp³-hybridized carbons (Fsp3) is 0. The van der Waals surface area contributed by atoms with Gasteiger partial charge in [-0.2, -0.15) is 5.26 Å². The van der Waals surface area contributed by atoms with E-state index < -0.39 is 4.92 Å². The Morgan fingerprint density at radius 2 is 2.15 bits per heavy atom. The Hall–Kier alpha value is -3.28. The molecule has 3 aromatic heterocycles. The molecule has 6 nitrogen and oxygen atoms in total. The van der Waals surface area contributed by atoms with E-state index in [1.54, 1.807) is 12.1 Å². The van der Waals surface area contributed by atoms with Crippen LogP contribution < -0.4 is 0 Å². The number of benzene rings is 1. The smallest absolute Gasteiger partial charge is 0.324 e. The Morgan fingerprint density at radius 3 is 2.88 bits per heavy atom. The second-order valence-electron chi connectivity index (χ2n) is 5.29. The van der Waals surface area contributed by atoms with Crippen LogP contribution in [0.5, 0.6) is 0 Å². The zero-order valence-electron chi connectivity index (χ0n) is 13.1. The largest absolute Gasteiger partial charge is 0.454 e. The molecule has 0 fully saturated rings. The van der Waals surface area contributed by atoms with Crippen molar-refractivity contribution in [3.8, 4) is 17.5 Å². The zero-order chi connectivity index (χ0) is 18.1. The lowest BCUT2D eigenvalue weighted by molar-refractivity contribution is -0.380. The van der Waals surface area contributed by atoms with Crippen LogP contribution >= 0.6 is 22.7 Å². The van der Waals surface area contributed by atoms with Gasteiger partial charge in [-0.15, -0.1) is 11.3 Å². The third-order valence-electron chi connectivity index (χ3n) is 3.61. The molecule has 0 bridgehead atoms. The van der Waals surface area contributed by atoms with Crippen LogP contribution in [-0.2, 0) is 0 Å². The number of nitriles is 1. The summed E-state index contributed by atoms with van der Waals surface area (Å²) in [5.74, 6) is 0.637. The van der Waals surface area contributed by atoms with Crippen LogP contribution in [-0.4, -0.2) is 9.91 Å². The van der Waals surface area contributed by atoms with Crippen molar-refractivity contribution in [1.29, 1.82) is 5.26 Å². The van der Waals surface area contributed by atoms with Crippen molar-refractivity contribution in [2.24, 2.45) is 0 Å². The molecular formula is C18H9N3O3S2. The van der Waals surface area contributed by atoms with Crippen molar-refractivity contribution < 1.29 is 9.34 Å². The molecule has 4 aromatic rings. The van der Waals surface area contributed by atoms with Gasteiger partial charge in [0, 0.05) is 21.7 Å². The van der Waals surface area contributed by atoms with E-state index in [-0.39, 0.29) is 5.00 Å². The highest BCUT2D eigenvalue weighted by atomic mass is 32.1. The minimum Gasteiger partial charge on any atom is -0.454 e. The number of hydrogen-bond acceptors (Lipinski definition) is 7. The monoisotopic (exact) mass is 379 g/mol. The third kappa shape index (κ3) is 3.01. The maximum absolute atomic E-state index is 10.8. The van der Waals surface area contributed by atoms with E-state index in [9.17, 15) is 15.4 Å². The highest BCUT2D eigenvalue weighted by Crippen LogP contribution is 2.32. The molecule has 0 aliphatic carbocycles. The second kappa shape index (κ2) is 6.55. The standard InChI is InChI=1S/C18H9N3O3S2/c19-9-12(7-13-5-6-17(26-13)21(22)23)18-20-14(10-25-18)16-8-11-3-1-2-4-15(11)24-16/h1-8,10H. The summed E-state index contributed by atoms with van der Waals surface area (Å²) in [4.78, 5) is 15.5. The van der Waals surface area contributed by atoms with Crippen molar-refractivity contribution in [1.82, 2.24) is 4.98 Å². The van der Waals surface area contributed by atoms with Crippen LogP contribution in [0.25, 0.3) is 34.1 Å². The normalized spacial score (nSPS) is 11.6. The fourth-order valence-electron chi connectivity index (χ4n) is 2.42. The predicted octanol–water partition coefficient (Wildman–Crippen LogP) is 5.59. The lowest BCUT2D eigenvalue weighted by Gasteiger charge is -1.92. The van der Waals surface area contributed by atoms with Gasteiger partial charge in [0.1, 0.15) is 22.4 Å². The first kappa shape index (κ1) is 16.2. The van der Waals surface area contributed by atoms with Crippen LogP contribution in [0.3, 0.4) is 0 Å². The molecule has 0 radical (unpaired) electrons. The van der Waals surface area contributed by atoms with Crippen molar-refractivity contribution in [3.05, 3.63) is 67.8 Å². The number of allylic oxidation sites excluding steroid dienone is 1. The molecular weight excluding hydrogens is 370 g/mol. The summed E-state index contributed by atoms with van der Waals surface area (Å²) in [5, 5.41) is 23.6. The van der Waals surface area contributed by atoms with Crippen molar-refractivity contribution in [2.45, 2.75) is 0 Å². The number of aromatic nitrogens is 1. The number of rotatable bonds is 4. The van der Waals surface area contributed by atoms with Crippen LogP contribution in [0.4, 0.5) is 5.00 Å². The summed E-state index contributed by atoms with van der Waals surface area (Å²) in [6.07, 6.45) is 1.61. The Labute approximate surface area is 155 Å². The molecule has 8 heteroatoms. The van der Waals surface area contributed by atoms with E-state index in [1.807, 2.05) is 35.7 Å². The average Bonchev–Trinajstić information content (AvgIpc) is 3.37. The Kier molecular flexibility index (Phi) is 4.08. The molecule has 0 saturated carbocycles. The van der Waals surface area contributed by atoms with Crippen LogP contribution in [0.2, 0.25) is 0 Å². The molecule has 0 saturated heterocycles. The van der Waals surface area contributed by atoms with Gasteiger partial charge in [0.2, 0.25) is 0 Å². The molecule has 4 rings (SSSR count). The van der Waals surface area contributed by atoms with Gasteiger partial charge in [0.15, 0.2) is 5.76 Å². The Morgan fingerprint density at radius 1 is 1.31 bits per heavy atom. The summed E-state index contributed by atoms with van der Waals surface area (Å²) < 4.78 is 5.80. The summed E-state index contributed by atoms with van der Waals surface area (Å²) in [6, 6.07) is 14.7. The van der Waals surface area contributed by atoms with E-state index in [2.05, 4.69) is 11.1 Å². The first-order chi connectivity index (χ1) is 12.6. The number of para-hydroxylation sites is 1. The molecule has 0 aliphatic heterocycles. The van der Waals surface area contributed by atoms with E-state index in [4.69, 9.17) is 4.42 Å². The first-order valence-electron chi connectivity index (χ1n) is 7.45. The topological polar surface area (TPSA) is 93.0 Å². The van der Waals surface area contributed by atoms with Crippen LogP contribution in [0.15, 0.2) is 52.3 Å². The highest BCUT2D eigenvalue weighted by molar-refractivity contribution is 7.16. The summed E-state index contributed by atoms with van der Waals surface area (Å²) in [7, 11) is 0. The fourth-order valence-corrected chi connectivity index (χ4v) is 3.96. The minimum absolute atomic E-state index is 0.0376. The number of nitrogens with zero attached hydrogens (tertiary/aromatic N) is 3. The van der Waals surface area contributed by atoms with Crippen LogP contribution in [0.1, 0.15) is 9.88 Å². The van der Waals surface area contributed by atoms with E-state index in [0.717, 1.165) is 22.3 Å². The first-order valence-corrected chi connectivity index (χ1v) is 9.14. The SMILES string of the molecule is N#CC(=Cc1ccc([N+](=O)[O-])s1)c1nc(-c2cc3ccccc3o2)cs1. The molecule has 0 N–H and O–H groups in total. The molecule has 0 aliphatic rings. The maximum atomic E-state index is 10.8. The number of thiophene rings is 1. The van der Waals surface area contributed by atoms with Gasteiger partial charge in [0.25, 0.3) is 0 Å². The number of fused-ring (bicyclic) bond motifs is 1. The molecule has 26 heavy (non-hydrogen) atoms. The van der Waals surface area contributed by atoms with Crippen molar-refractivity contribution in [3.63, 3.8) is 0 Å². The second-order valence-corrected chi connectivity index (χ2v) is 7.24. The molecule has 0 spiro atoms. The highest BCUT2D eigenvalue weighted by Gasteiger charge is 2.14. The van der Waals surface area contributed by atoms with Gasteiger partial charge in [-0.1, -0.05) is 29.5 Å². The summed E-state index contributed by atoms with van der Waals surface area (Å²) in [5.41, 5.74) is 1.78. The minimum atomic E-state index is -0.447. The van der Waals surface area contributed by atoms with E-state index >= 15 is 0 Å². The van der Waals surface area contributed by atoms with Crippen molar-refractivity contribution in [2.75, 3.05) is 0 Å². The van der Waals surface area contributed by atoms with Crippen molar-refractivity contribution >= 4 is 50.3 Å². The summed E-state index contributed by atoms with van der Waals surface area (Å²) in [6.45, 7) is 0. The maximum Gasteiger partial charge on any atom is 0.324 e. The van der Waals surface area contributed by atoms with E-state index in [0.29, 0.717) is 26.9 Å². The van der Waals surface area contributed by atoms with E-state index in [1.165, 1.54) is 17.4 Å². The lowest BCUT2D eigenvalue weighted by atomic mass is 10.2. The summed E-state index contributed by atoms with van der Waals surface area (Å²) >= 11 is 2.35.